The van der Waals surface area contributed by atoms with Crippen LogP contribution in [-0.2, 0) is 25.8 Å². The summed E-state index contributed by atoms with van der Waals surface area (Å²) in [5, 5.41) is 0. The molecule has 1 atom stereocenters. The van der Waals surface area contributed by atoms with E-state index in [0.29, 0.717) is 6.42 Å². The van der Waals surface area contributed by atoms with Crippen LogP contribution < -0.4 is 5.73 Å². The van der Waals surface area contributed by atoms with Gasteiger partial charge in [-0.25, -0.2) is 0 Å². The molecule has 1 aromatic rings. The fourth-order valence-electron chi connectivity index (χ4n) is 2.34. The summed E-state index contributed by atoms with van der Waals surface area (Å²) in [6.07, 6.45) is 0.504. The molecule has 0 saturated heterocycles. The van der Waals surface area contributed by atoms with Crippen LogP contribution in [0.25, 0.3) is 0 Å². The van der Waals surface area contributed by atoms with Gasteiger partial charge >= 0.3 is 10.3 Å². The van der Waals surface area contributed by atoms with Crippen molar-refractivity contribution >= 4 is 24.3 Å². The maximum atomic E-state index is 12.7. The number of carbonyl (C=O) groups is 1. The largest absolute Gasteiger partial charge is 0.333 e. The monoisotopic (exact) mass is 386 g/mol. The number of carbonyl (C=O) groups excluding carboxylic acids is 1. The highest BCUT2D eigenvalue weighted by Gasteiger charge is 2.36. The Labute approximate surface area is 152 Å². The Kier molecular flexibility index (Phi) is 7.95. The molecule has 0 aromatic heterocycles. The van der Waals surface area contributed by atoms with E-state index in [1.54, 1.807) is 0 Å². The van der Waals surface area contributed by atoms with Crippen LogP contribution in [0.5, 0.6) is 0 Å². The molecule has 0 radical (unpaired) electrons. The molecule has 0 spiro atoms. The third kappa shape index (κ3) is 7.37. The van der Waals surface area contributed by atoms with E-state index in [2.05, 4.69) is 0 Å². The van der Waals surface area contributed by atoms with Gasteiger partial charge in [-0.3, -0.25) is 8.98 Å². The van der Waals surface area contributed by atoms with E-state index in [1.807, 2.05) is 63.8 Å². The number of hydrogen-bond donors (Lipinski definition) is 1. The fourth-order valence-corrected chi connectivity index (χ4v) is 6.54. The summed E-state index contributed by atoms with van der Waals surface area (Å²) < 4.78 is 31.8. The van der Waals surface area contributed by atoms with Crippen LogP contribution in [0.3, 0.4) is 0 Å². The van der Waals surface area contributed by atoms with Crippen molar-refractivity contribution in [3.63, 3.8) is 0 Å². The fraction of sp³-hybridized carbons (Fsp3) is 0.588. The number of hydrogen-bond acceptors (Lipinski definition) is 5. The second-order valence-electron chi connectivity index (χ2n) is 7.59. The highest BCUT2D eigenvalue weighted by atomic mass is 32.2. The lowest BCUT2D eigenvalue weighted by Gasteiger charge is -2.32. The molecule has 25 heavy (non-hydrogen) atoms. The minimum atomic E-state index is -4.02. The first-order chi connectivity index (χ1) is 11.4. The average molecular weight is 387 g/mol. The lowest BCUT2D eigenvalue weighted by molar-refractivity contribution is -0.122. The number of nitrogens with zero attached hydrogens (tertiary/aromatic N) is 1. The zero-order chi connectivity index (χ0) is 19.3. The third-order valence-corrected chi connectivity index (χ3v) is 8.73. The van der Waals surface area contributed by atoms with Crippen LogP contribution in [0.1, 0.15) is 25.8 Å². The number of benzene rings is 1. The molecule has 0 bridgehead atoms. The van der Waals surface area contributed by atoms with Crippen LogP contribution >= 0.6 is 0 Å². The third-order valence-electron chi connectivity index (χ3n) is 3.68. The van der Waals surface area contributed by atoms with Gasteiger partial charge in [0.25, 0.3) is 0 Å². The molecule has 0 aliphatic rings. The van der Waals surface area contributed by atoms with Crippen molar-refractivity contribution in [3.05, 3.63) is 35.9 Å². The number of Topliss-reactive ketones (excluding diaryl/α,β-unsaturated/α-hetero) is 1. The molecular weight excluding hydrogens is 356 g/mol. The quantitative estimate of drug-likeness (QED) is 0.624. The number of nitrogens with two attached hydrogens (primary N) is 1. The van der Waals surface area contributed by atoms with Gasteiger partial charge < -0.3 is 5.73 Å². The van der Waals surface area contributed by atoms with Crippen molar-refractivity contribution in [3.8, 4) is 0 Å². The Bertz CT molecular complexity index is 657. The SMILES string of the molecule is CC(C)C[C@H](N)C(=O)COS(=O)(=O)N(Cc1ccccc1)[Si](C)(C)C. The standard InChI is InChI=1S/C17H30N2O4SSi/c1-14(2)11-16(18)17(20)13-23-24(21,22)19(25(3,4)5)12-15-9-7-6-8-10-15/h6-10,14,16H,11-13,18H2,1-5H3/t16-/m0/s1. The van der Waals surface area contributed by atoms with Crippen LogP contribution in [-0.4, -0.2) is 39.1 Å². The van der Waals surface area contributed by atoms with Crippen molar-refractivity contribution in [2.75, 3.05) is 6.61 Å². The summed E-state index contributed by atoms with van der Waals surface area (Å²) in [6, 6.07) is 8.63. The van der Waals surface area contributed by atoms with Crippen molar-refractivity contribution in [2.24, 2.45) is 11.7 Å². The maximum Gasteiger partial charge on any atom is 0.333 e. The average Bonchev–Trinajstić information content (AvgIpc) is 2.49. The summed E-state index contributed by atoms with van der Waals surface area (Å²) in [5.74, 6) is -0.139. The summed E-state index contributed by atoms with van der Waals surface area (Å²) >= 11 is 0. The predicted octanol–water partition coefficient (Wildman–Crippen LogP) is 2.53. The summed E-state index contributed by atoms with van der Waals surface area (Å²) in [4.78, 5) is 12.0. The van der Waals surface area contributed by atoms with Gasteiger partial charge in [-0.15, -0.1) is 0 Å². The van der Waals surface area contributed by atoms with E-state index >= 15 is 0 Å². The van der Waals surface area contributed by atoms with Gasteiger partial charge in [0.05, 0.1) is 6.04 Å². The molecule has 6 nitrogen and oxygen atoms in total. The minimum Gasteiger partial charge on any atom is -0.321 e. The number of rotatable bonds is 10. The topological polar surface area (TPSA) is 89.7 Å². The molecule has 8 heteroatoms. The Hall–Kier alpha value is -1.06. The molecule has 0 heterocycles. The second-order valence-corrected chi connectivity index (χ2v) is 14.3. The van der Waals surface area contributed by atoms with Crippen LogP contribution in [0, 0.1) is 5.92 Å². The molecular formula is C17H30N2O4SSi. The van der Waals surface area contributed by atoms with E-state index < -0.39 is 37.0 Å². The van der Waals surface area contributed by atoms with Gasteiger partial charge in [0, 0.05) is 6.54 Å². The lowest BCUT2D eigenvalue weighted by atomic mass is 10.0. The molecule has 0 amide bonds. The Balaban J connectivity index is 2.85. The maximum absolute atomic E-state index is 12.7. The summed E-state index contributed by atoms with van der Waals surface area (Å²) in [7, 11) is -6.27. The van der Waals surface area contributed by atoms with Gasteiger partial charge in [0.1, 0.15) is 14.8 Å². The van der Waals surface area contributed by atoms with Crippen molar-refractivity contribution in [1.82, 2.24) is 3.97 Å². The molecule has 1 aromatic carbocycles. The normalized spacial score (nSPS) is 14.1. The first-order valence-electron chi connectivity index (χ1n) is 8.43. The molecule has 1 rings (SSSR count). The van der Waals surface area contributed by atoms with Gasteiger partial charge in [0.2, 0.25) is 0 Å². The Morgan fingerprint density at radius 2 is 1.76 bits per heavy atom. The van der Waals surface area contributed by atoms with E-state index in [0.717, 1.165) is 5.56 Å². The Morgan fingerprint density at radius 1 is 1.20 bits per heavy atom. The minimum absolute atomic E-state index is 0.227. The predicted molar refractivity (Wildman–Crippen MR) is 103 cm³/mol. The van der Waals surface area contributed by atoms with E-state index in [9.17, 15) is 13.2 Å². The molecule has 0 fully saturated rings. The van der Waals surface area contributed by atoms with Crippen molar-refractivity contribution in [1.29, 1.82) is 0 Å². The van der Waals surface area contributed by atoms with E-state index in [4.69, 9.17) is 9.92 Å². The first kappa shape index (κ1) is 22.0. The molecule has 0 saturated carbocycles. The summed E-state index contributed by atoms with van der Waals surface area (Å²) in [6.45, 7) is 9.38. The Morgan fingerprint density at radius 3 is 2.24 bits per heavy atom. The zero-order valence-electron chi connectivity index (χ0n) is 15.7. The smallest absolute Gasteiger partial charge is 0.321 e. The first-order valence-corrected chi connectivity index (χ1v) is 13.2. The zero-order valence-corrected chi connectivity index (χ0v) is 17.5. The lowest BCUT2D eigenvalue weighted by Crippen LogP contribution is -2.50. The van der Waals surface area contributed by atoms with Crippen LogP contribution in [0.15, 0.2) is 30.3 Å². The highest BCUT2D eigenvalue weighted by Crippen LogP contribution is 2.20. The molecule has 0 unspecified atom stereocenters. The molecule has 0 aliphatic carbocycles. The van der Waals surface area contributed by atoms with Crippen LogP contribution in [0.2, 0.25) is 19.6 Å². The second kappa shape index (κ2) is 9.04. The van der Waals surface area contributed by atoms with Gasteiger partial charge in [-0.05, 0) is 17.9 Å². The molecule has 0 aliphatic heterocycles. The molecule has 142 valence electrons. The number of ketones is 1. The van der Waals surface area contributed by atoms with Gasteiger partial charge in [0.15, 0.2) is 5.78 Å². The van der Waals surface area contributed by atoms with E-state index in [-0.39, 0.29) is 12.5 Å². The van der Waals surface area contributed by atoms with E-state index in [1.165, 1.54) is 3.97 Å². The molecule has 2 N–H and O–H groups in total. The van der Waals surface area contributed by atoms with Gasteiger partial charge in [-0.1, -0.05) is 63.8 Å². The summed E-state index contributed by atoms with van der Waals surface area (Å²) in [5.41, 5.74) is 6.68. The van der Waals surface area contributed by atoms with Gasteiger partial charge in [-0.2, -0.15) is 12.4 Å². The van der Waals surface area contributed by atoms with Crippen molar-refractivity contribution < 1.29 is 17.4 Å². The highest BCUT2D eigenvalue weighted by molar-refractivity contribution is 7.85. The van der Waals surface area contributed by atoms with Crippen LogP contribution in [0.4, 0.5) is 0 Å². The van der Waals surface area contributed by atoms with Crippen molar-refractivity contribution in [2.45, 2.75) is 52.5 Å².